The molecule has 3 aromatic rings. The molecule has 0 bridgehead atoms. The van der Waals surface area contributed by atoms with Crippen LogP contribution in [0.4, 0.5) is 0 Å². The highest BCUT2D eigenvalue weighted by Crippen LogP contribution is 2.15. The second-order valence-corrected chi connectivity index (χ2v) is 4.95. The molecule has 1 amide bonds. The van der Waals surface area contributed by atoms with Gasteiger partial charge in [-0.1, -0.05) is 0 Å². The molecule has 0 aliphatic carbocycles. The normalized spacial score (nSPS) is 10.5. The molecule has 1 aromatic carbocycles. The van der Waals surface area contributed by atoms with E-state index in [4.69, 9.17) is 9.15 Å². The maximum absolute atomic E-state index is 12.1. The van der Waals surface area contributed by atoms with Crippen molar-refractivity contribution in [3.8, 4) is 11.4 Å². The number of ether oxygens (including phenoxy) is 1. The lowest BCUT2D eigenvalue weighted by molar-refractivity contribution is 0.0949. The predicted octanol–water partition coefficient (Wildman–Crippen LogP) is 2.45. The first-order valence-corrected chi connectivity index (χ1v) is 7.25. The maximum Gasteiger partial charge on any atom is 0.271 e. The summed E-state index contributed by atoms with van der Waals surface area (Å²) in [5, 5.41) is 2.83. The van der Waals surface area contributed by atoms with Gasteiger partial charge in [-0.15, -0.1) is 0 Å². The molecule has 0 saturated carbocycles. The number of methoxy groups -OCH3 is 1. The number of hydrogen-bond acceptors (Lipinski definition) is 4. The summed E-state index contributed by atoms with van der Waals surface area (Å²) in [5.74, 6) is 1.42. The number of amides is 1. The number of imidazole rings is 1. The largest absolute Gasteiger partial charge is 0.497 e. The molecule has 6 nitrogen and oxygen atoms in total. The Kier molecular flexibility index (Phi) is 4.42. The van der Waals surface area contributed by atoms with Crippen molar-refractivity contribution in [2.45, 2.75) is 6.42 Å². The summed E-state index contributed by atoms with van der Waals surface area (Å²) < 4.78 is 12.1. The van der Waals surface area contributed by atoms with Crippen LogP contribution in [-0.2, 0) is 6.42 Å². The summed E-state index contributed by atoms with van der Waals surface area (Å²) in [6.07, 6.45) is 5.58. The molecular weight excluding hydrogens is 294 g/mol. The SMILES string of the molecule is COc1ccc(-n2cnc(C(=O)NCCc3ccco3)c2)cc1. The topological polar surface area (TPSA) is 69.3 Å². The van der Waals surface area contributed by atoms with Gasteiger partial charge in [-0.25, -0.2) is 4.98 Å². The molecule has 3 rings (SSSR count). The van der Waals surface area contributed by atoms with Gasteiger partial charge in [-0.2, -0.15) is 0 Å². The molecule has 0 aliphatic heterocycles. The molecule has 6 heteroatoms. The Hall–Kier alpha value is -3.02. The first-order chi connectivity index (χ1) is 11.3. The Labute approximate surface area is 133 Å². The molecule has 0 fully saturated rings. The van der Waals surface area contributed by atoms with Gasteiger partial charge in [0.15, 0.2) is 0 Å². The highest BCUT2D eigenvalue weighted by atomic mass is 16.5. The monoisotopic (exact) mass is 311 g/mol. The number of hydrogen-bond donors (Lipinski definition) is 1. The van der Waals surface area contributed by atoms with E-state index in [2.05, 4.69) is 10.3 Å². The van der Waals surface area contributed by atoms with Crippen LogP contribution in [-0.4, -0.2) is 29.1 Å². The van der Waals surface area contributed by atoms with Crippen molar-refractivity contribution in [2.75, 3.05) is 13.7 Å². The van der Waals surface area contributed by atoms with E-state index in [1.54, 1.807) is 30.5 Å². The van der Waals surface area contributed by atoms with Crippen LogP contribution in [0.25, 0.3) is 5.69 Å². The molecule has 0 spiro atoms. The Balaban J connectivity index is 1.60. The first-order valence-electron chi connectivity index (χ1n) is 7.25. The fraction of sp³-hybridized carbons (Fsp3) is 0.176. The minimum atomic E-state index is -0.205. The Bertz CT molecular complexity index is 761. The fourth-order valence-corrected chi connectivity index (χ4v) is 2.18. The first kappa shape index (κ1) is 14.9. The molecule has 0 unspecified atom stereocenters. The van der Waals surface area contributed by atoms with Crippen molar-refractivity contribution in [3.63, 3.8) is 0 Å². The number of rotatable bonds is 6. The number of carbonyl (C=O) groups excluding carboxylic acids is 1. The molecule has 1 N–H and O–H groups in total. The second kappa shape index (κ2) is 6.83. The van der Waals surface area contributed by atoms with E-state index in [1.807, 2.05) is 36.4 Å². The highest BCUT2D eigenvalue weighted by molar-refractivity contribution is 5.92. The number of nitrogens with one attached hydrogen (secondary N) is 1. The zero-order valence-electron chi connectivity index (χ0n) is 12.7. The third-order valence-corrected chi connectivity index (χ3v) is 3.42. The van der Waals surface area contributed by atoms with E-state index in [-0.39, 0.29) is 5.91 Å². The molecule has 0 radical (unpaired) electrons. The Morgan fingerprint density at radius 2 is 2.13 bits per heavy atom. The molecule has 118 valence electrons. The van der Waals surface area contributed by atoms with Crippen molar-refractivity contribution < 1.29 is 13.9 Å². The Morgan fingerprint density at radius 3 is 2.83 bits per heavy atom. The summed E-state index contributed by atoms with van der Waals surface area (Å²) in [7, 11) is 1.62. The molecule has 0 saturated heterocycles. The minimum Gasteiger partial charge on any atom is -0.497 e. The van der Waals surface area contributed by atoms with Gasteiger partial charge in [-0.05, 0) is 36.4 Å². The summed E-state index contributed by atoms with van der Waals surface area (Å²) >= 11 is 0. The van der Waals surface area contributed by atoms with Gasteiger partial charge < -0.3 is 19.0 Å². The van der Waals surface area contributed by atoms with Crippen LogP contribution < -0.4 is 10.1 Å². The molecule has 2 aromatic heterocycles. The zero-order chi connectivity index (χ0) is 16.1. The van der Waals surface area contributed by atoms with Gasteiger partial charge in [0.25, 0.3) is 5.91 Å². The van der Waals surface area contributed by atoms with Crippen LogP contribution in [0.3, 0.4) is 0 Å². The van der Waals surface area contributed by atoms with Crippen LogP contribution >= 0.6 is 0 Å². The van der Waals surface area contributed by atoms with Gasteiger partial charge >= 0.3 is 0 Å². The van der Waals surface area contributed by atoms with Crippen LogP contribution in [0.15, 0.2) is 59.6 Å². The van der Waals surface area contributed by atoms with Crippen LogP contribution in [0.2, 0.25) is 0 Å². The van der Waals surface area contributed by atoms with Crippen molar-refractivity contribution in [2.24, 2.45) is 0 Å². The van der Waals surface area contributed by atoms with E-state index in [0.29, 0.717) is 18.7 Å². The number of carbonyl (C=O) groups is 1. The second-order valence-electron chi connectivity index (χ2n) is 4.95. The van der Waals surface area contributed by atoms with Crippen molar-refractivity contribution in [3.05, 3.63) is 66.6 Å². The Morgan fingerprint density at radius 1 is 1.30 bits per heavy atom. The maximum atomic E-state index is 12.1. The lowest BCUT2D eigenvalue weighted by atomic mass is 10.3. The van der Waals surface area contributed by atoms with Crippen molar-refractivity contribution in [1.29, 1.82) is 0 Å². The highest BCUT2D eigenvalue weighted by Gasteiger charge is 2.10. The lowest BCUT2D eigenvalue weighted by Gasteiger charge is -2.03. The van der Waals surface area contributed by atoms with Crippen molar-refractivity contribution in [1.82, 2.24) is 14.9 Å². The predicted molar refractivity (Wildman–Crippen MR) is 84.9 cm³/mol. The third-order valence-electron chi connectivity index (χ3n) is 3.42. The molecule has 0 aliphatic rings. The summed E-state index contributed by atoms with van der Waals surface area (Å²) in [6.45, 7) is 0.502. The van der Waals surface area contributed by atoms with Gasteiger partial charge in [0, 0.05) is 24.8 Å². The lowest BCUT2D eigenvalue weighted by Crippen LogP contribution is -2.25. The fourth-order valence-electron chi connectivity index (χ4n) is 2.18. The van der Waals surface area contributed by atoms with Gasteiger partial charge in [0.2, 0.25) is 0 Å². The van der Waals surface area contributed by atoms with Crippen molar-refractivity contribution >= 4 is 5.91 Å². The average molecular weight is 311 g/mol. The van der Waals surface area contributed by atoms with Crippen LogP contribution in [0.1, 0.15) is 16.2 Å². The smallest absolute Gasteiger partial charge is 0.271 e. The molecule has 0 atom stereocenters. The van der Waals surface area contributed by atoms with E-state index < -0.39 is 0 Å². The van der Waals surface area contributed by atoms with Gasteiger partial charge in [0.1, 0.15) is 23.5 Å². The van der Waals surface area contributed by atoms with Crippen LogP contribution in [0, 0.1) is 0 Å². The number of aromatic nitrogens is 2. The molecular formula is C17H17N3O3. The van der Waals surface area contributed by atoms with Crippen LogP contribution in [0.5, 0.6) is 5.75 Å². The summed E-state index contributed by atoms with van der Waals surface area (Å²) in [6, 6.07) is 11.2. The average Bonchev–Trinajstić information content (AvgIpc) is 3.26. The van der Waals surface area contributed by atoms with E-state index in [0.717, 1.165) is 17.2 Å². The minimum absolute atomic E-state index is 0.205. The third kappa shape index (κ3) is 3.60. The number of nitrogens with zero attached hydrogens (tertiary/aromatic N) is 2. The van der Waals surface area contributed by atoms with Gasteiger partial charge in [-0.3, -0.25) is 4.79 Å². The molecule has 2 heterocycles. The zero-order valence-corrected chi connectivity index (χ0v) is 12.7. The number of furan rings is 1. The molecule has 23 heavy (non-hydrogen) atoms. The standard InChI is InChI=1S/C17H17N3O3/c1-22-14-6-4-13(5-7-14)20-11-16(19-12-20)17(21)18-9-8-15-3-2-10-23-15/h2-7,10-12H,8-9H2,1H3,(H,18,21). The number of benzene rings is 1. The van der Waals surface area contributed by atoms with Gasteiger partial charge in [0.05, 0.1) is 13.4 Å². The van der Waals surface area contributed by atoms with E-state index in [1.165, 1.54) is 0 Å². The summed E-state index contributed by atoms with van der Waals surface area (Å²) in [4.78, 5) is 16.2. The summed E-state index contributed by atoms with van der Waals surface area (Å²) in [5.41, 5.74) is 1.29. The van der Waals surface area contributed by atoms with E-state index in [9.17, 15) is 4.79 Å². The van der Waals surface area contributed by atoms with E-state index >= 15 is 0 Å². The quantitative estimate of drug-likeness (QED) is 0.759.